The van der Waals surface area contributed by atoms with Crippen LogP contribution in [0.5, 0.6) is 0 Å². The van der Waals surface area contributed by atoms with E-state index in [9.17, 15) is 4.79 Å². The van der Waals surface area contributed by atoms with Crippen LogP contribution in [-0.4, -0.2) is 5.78 Å². The topological polar surface area (TPSA) is 17.1 Å². The molecular formula is C15H20OS2. The molecule has 0 amide bonds. The fourth-order valence-electron chi connectivity index (χ4n) is 1.54. The molecule has 0 saturated heterocycles. The molecule has 0 bridgehead atoms. The predicted molar refractivity (Wildman–Crippen MR) is 83.9 cm³/mol. The van der Waals surface area contributed by atoms with Crippen LogP contribution in [0.3, 0.4) is 0 Å². The van der Waals surface area contributed by atoms with Crippen LogP contribution < -0.4 is 0 Å². The summed E-state index contributed by atoms with van der Waals surface area (Å²) in [5.74, 6) is 0.161. The smallest absolute Gasteiger partial charge is 0.168 e. The molecule has 0 aliphatic carbocycles. The number of thiophene rings is 1. The largest absolute Gasteiger partial charge is 0.294 e. The van der Waals surface area contributed by atoms with E-state index in [2.05, 4.69) is 20.1 Å². The molecule has 1 nitrogen and oxygen atoms in total. The highest BCUT2D eigenvalue weighted by Crippen LogP contribution is 2.34. The molecule has 1 aromatic rings. The Morgan fingerprint density at radius 1 is 1.33 bits per heavy atom. The minimum absolute atomic E-state index is 0.161. The molecule has 0 spiro atoms. The van der Waals surface area contributed by atoms with E-state index in [0.29, 0.717) is 11.3 Å². The van der Waals surface area contributed by atoms with Crippen molar-refractivity contribution in [1.82, 2.24) is 0 Å². The Hall–Kier alpha value is -0.800. The zero-order valence-electron chi connectivity index (χ0n) is 10.9. The van der Waals surface area contributed by atoms with E-state index < -0.39 is 0 Å². The quantitative estimate of drug-likeness (QED) is 0.438. The zero-order valence-corrected chi connectivity index (χ0v) is 12.5. The maximum atomic E-state index is 11.9. The van der Waals surface area contributed by atoms with Gasteiger partial charge in [-0.15, -0.1) is 11.3 Å². The lowest BCUT2D eigenvalue weighted by Gasteiger charge is -2.05. The zero-order chi connectivity index (χ0) is 13.4. The molecule has 1 rings (SSSR count). The van der Waals surface area contributed by atoms with Gasteiger partial charge in [-0.1, -0.05) is 57.2 Å². The van der Waals surface area contributed by atoms with Gasteiger partial charge in [-0.3, -0.25) is 4.79 Å². The van der Waals surface area contributed by atoms with Gasteiger partial charge in [0.05, 0.1) is 0 Å². The lowest BCUT2D eigenvalue weighted by Crippen LogP contribution is -1.98. The van der Waals surface area contributed by atoms with Crippen molar-refractivity contribution in [3.8, 4) is 0 Å². The number of ketones is 1. The molecule has 0 N–H and O–H groups in total. The predicted octanol–water partition coefficient (Wildman–Crippen LogP) is 5.51. The van der Waals surface area contributed by atoms with E-state index in [-0.39, 0.29) is 5.78 Å². The number of unbranched alkanes of at least 4 members (excludes halogenated alkanes) is 3. The second-order valence-electron chi connectivity index (χ2n) is 4.16. The summed E-state index contributed by atoms with van der Waals surface area (Å²) in [6.45, 7) is 10.0. The number of thioether (sulfide) groups is 1. The first-order valence-corrected chi connectivity index (χ1v) is 7.97. The van der Waals surface area contributed by atoms with E-state index in [1.54, 1.807) is 11.3 Å². The Morgan fingerprint density at radius 3 is 2.72 bits per heavy atom. The highest BCUT2D eigenvalue weighted by atomic mass is 32.2. The summed E-state index contributed by atoms with van der Waals surface area (Å²) in [5.41, 5.74) is 0. The molecule has 98 valence electrons. The van der Waals surface area contributed by atoms with Crippen molar-refractivity contribution in [2.24, 2.45) is 0 Å². The van der Waals surface area contributed by atoms with E-state index in [1.165, 1.54) is 24.6 Å². The standard InChI is InChI=1S/C15H20OS2/c1-4-5-6-7-9-14(16)12(2)18-13(3)15-10-8-11-17-15/h8,10-11H,2-7,9H2,1H3. The normalized spacial score (nSPS) is 10.3. The number of allylic oxidation sites excluding steroid dienone is 1. The summed E-state index contributed by atoms with van der Waals surface area (Å²) >= 11 is 3.04. The van der Waals surface area contributed by atoms with Crippen molar-refractivity contribution in [2.75, 3.05) is 0 Å². The highest BCUT2D eigenvalue weighted by Gasteiger charge is 2.10. The summed E-state index contributed by atoms with van der Waals surface area (Å²) in [6.07, 6.45) is 5.11. The molecule has 0 saturated carbocycles. The maximum Gasteiger partial charge on any atom is 0.168 e. The molecule has 3 heteroatoms. The van der Waals surface area contributed by atoms with Crippen LogP contribution in [0, 0.1) is 0 Å². The molecule has 18 heavy (non-hydrogen) atoms. The number of carbonyl (C=O) groups excluding carboxylic acids is 1. The molecule has 0 unspecified atom stereocenters. The Balaban J connectivity index is 2.32. The fraction of sp³-hybridized carbons (Fsp3) is 0.400. The number of Topliss-reactive ketones (excluding diaryl/α,β-unsaturated/α-hetero) is 1. The fourth-order valence-corrected chi connectivity index (χ4v) is 3.09. The molecular weight excluding hydrogens is 260 g/mol. The first kappa shape index (κ1) is 15.3. The van der Waals surface area contributed by atoms with Crippen LogP contribution in [-0.2, 0) is 4.79 Å². The second kappa shape index (κ2) is 8.33. The number of hydrogen-bond acceptors (Lipinski definition) is 3. The molecule has 0 aliphatic rings. The number of rotatable bonds is 9. The van der Waals surface area contributed by atoms with Gasteiger partial charge >= 0.3 is 0 Å². The van der Waals surface area contributed by atoms with Crippen LogP contribution in [0.25, 0.3) is 4.91 Å². The van der Waals surface area contributed by atoms with Crippen molar-refractivity contribution in [2.45, 2.75) is 39.0 Å². The summed E-state index contributed by atoms with van der Waals surface area (Å²) in [7, 11) is 0. The van der Waals surface area contributed by atoms with Crippen LogP contribution >= 0.6 is 23.1 Å². The van der Waals surface area contributed by atoms with Gasteiger partial charge in [0.15, 0.2) is 5.78 Å². The molecule has 1 aromatic heterocycles. The van der Waals surface area contributed by atoms with Crippen LogP contribution in [0.2, 0.25) is 0 Å². The molecule has 0 aliphatic heterocycles. The summed E-state index contributed by atoms with van der Waals surface area (Å²) in [4.78, 5) is 14.5. The minimum atomic E-state index is 0.161. The molecule has 0 atom stereocenters. The minimum Gasteiger partial charge on any atom is -0.294 e. The number of hydrogen-bond donors (Lipinski definition) is 0. The van der Waals surface area contributed by atoms with Gasteiger partial charge in [-0.25, -0.2) is 0 Å². The third-order valence-corrected chi connectivity index (χ3v) is 4.61. The second-order valence-corrected chi connectivity index (χ2v) is 6.30. The summed E-state index contributed by atoms with van der Waals surface area (Å²) in [6, 6.07) is 4.00. The van der Waals surface area contributed by atoms with Crippen molar-refractivity contribution in [3.05, 3.63) is 40.5 Å². The van der Waals surface area contributed by atoms with Crippen LogP contribution in [0.4, 0.5) is 0 Å². The third kappa shape index (κ3) is 5.23. The first-order valence-electron chi connectivity index (χ1n) is 6.28. The van der Waals surface area contributed by atoms with Crippen LogP contribution in [0.1, 0.15) is 43.9 Å². The molecule has 1 heterocycles. The average Bonchev–Trinajstić information content (AvgIpc) is 2.88. The molecule has 0 radical (unpaired) electrons. The monoisotopic (exact) mass is 280 g/mol. The van der Waals surface area contributed by atoms with Gasteiger partial charge in [0, 0.05) is 21.1 Å². The van der Waals surface area contributed by atoms with Crippen molar-refractivity contribution in [3.63, 3.8) is 0 Å². The van der Waals surface area contributed by atoms with Crippen LogP contribution in [0.15, 0.2) is 35.6 Å². The summed E-state index contributed by atoms with van der Waals surface area (Å²) < 4.78 is 0. The third-order valence-electron chi connectivity index (χ3n) is 2.61. The Labute approximate surface area is 118 Å². The average molecular weight is 280 g/mol. The van der Waals surface area contributed by atoms with Gasteiger partial charge in [-0.2, -0.15) is 0 Å². The van der Waals surface area contributed by atoms with Gasteiger partial charge in [-0.05, 0) is 17.9 Å². The Bertz CT molecular complexity index is 404. The Kier molecular flexibility index (Phi) is 7.06. The van der Waals surface area contributed by atoms with Gasteiger partial charge < -0.3 is 0 Å². The highest BCUT2D eigenvalue weighted by molar-refractivity contribution is 8.12. The summed E-state index contributed by atoms with van der Waals surface area (Å²) in [5, 5.41) is 2.01. The molecule has 0 aromatic carbocycles. The van der Waals surface area contributed by atoms with Crippen molar-refractivity contribution < 1.29 is 4.79 Å². The van der Waals surface area contributed by atoms with E-state index in [1.807, 2.05) is 17.5 Å². The van der Waals surface area contributed by atoms with Crippen molar-refractivity contribution >= 4 is 33.8 Å². The Morgan fingerprint density at radius 2 is 2.11 bits per heavy atom. The maximum absolute atomic E-state index is 11.9. The van der Waals surface area contributed by atoms with E-state index >= 15 is 0 Å². The first-order chi connectivity index (χ1) is 8.65. The van der Waals surface area contributed by atoms with E-state index in [0.717, 1.165) is 22.6 Å². The lowest BCUT2D eigenvalue weighted by molar-refractivity contribution is -0.115. The van der Waals surface area contributed by atoms with Gasteiger partial charge in [0.25, 0.3) is 0 Å². The van der Waals surface area contributed by atoms with Crippen molar-refractivity contribution in [1.29, 1.82) is 0 Å². The van der Waals surface area contributed by atoms with Gasteiger partial charge in [0.1, 0.15) is 0 Å². The SMILES string of the molecule is C=C(SC(=C)c1cccs1)C(=O)CCCCCC. The molecule has 0 fully saturated rings. The van der Waals surface area contributed by atoms with Gasteiger partial charge in [0.2, 0.25) is 0 Å². The number of carbonyl (C=O) groups is 1. The lowest BCUT2D eigenvalue weighted by atomic mass is 10.1. The van der Waals surface area contributed by atoms with E-state index in [4.69, 9.17) is 0 Å².